The van der Waals surface area contributed by atoms with Crippen molar-refractivity contribution < 1.29 is 4.55 Å². The first-order valence-corrected chi connectivity index (χ1v) is 13.2. The molecule has 8 nitrogen and oxygen atoms in total. The van der Waals surface area contributed by atoms with Crippen LogP contribution in [0.15, 0.2) is 58.8 Å². The van der Waals surface area contributed by atoms with E-state index in [9.17, 15) is 4.55 Å². The molecule has 4 rings (SSSR count). The van der Waals surface area contributed by atoms with Crippen LogP contribution in [0.25, 0.3) is 0 Å². The largest absolute Gasteiger partial charge is 0.598 e. The van der Waals surface area contributed by atoms with Gasteiger partial charge in [-0.2, -0.15) is 0 Å². The monoisotopic (exact) mass is 517 g/mol. The lowest BCUT2D eigenvalue weighted by Gasteiger charge is -2.30. The molecule has 0 aliphatic carbocycles. The number of nitrogens with two attached hydrogens (primary N) is 2. The van der Waals surface area contributed by atoms with Gasteiger partial charge in [-0.25, -0.2) is 9.97 Å². The first-order valence-electron chi connectivity index (χ1n) is 10.9. The number of nitrogens with one attached hydrogen (secondary N) is 2. The number of fused-ring (bicyclic) bond motifs is 1. The number of hydrogen-bond acceptors (Lipinski definition) is 9. The molecule has 0 amide bonds. The topological polar surface area (TPSA) is 138 Å². The summed E-state index contributed by atoms with van der Waals surface area (Å²) in [5.41, 5.74) is 14.8. The Morgan fingerprint density at radius 3 is 2.76 bits per heavy atom. The Balaban J connectivity index is 1.54. The standard InChI is InChI=1S/C23H28ClN7OS2/c1-23(2,13-25)34(32)31-16-9-17(28-10-14-5-3-4-6-15(14)16)18-11-30-20(12-29-18)33-19-7-8-27-22(26)21(19)24/h3-8,11-12,16-17,28,31H,9-10,13,25H2,1-2H3,(H2,26,27). The molecule has 3 atom stereocenters. The fourth-order valence-electron chi connectivity index (χ4n) is 3.61. The zero-order valence-electron chi connectivity index (χ0n) is 19.0. The van der Waals surface area contributed by atoms with Crippen molar-refractivity contribution in [3.8, 4) is 0 Å². The zero-order valence-corrected chi connectivity index (χ0v) is 21.4. The molecule has 3 unspecified atom stereocenters. The zero-order chi connectivity index (χ0) is 24.3. The van der Waals surface area contributed by atoms with Crippen molar-refractivity contribution in [3.63, 3.8) is 0 Å². The second-order valence-electron chi connectivity index (χ2n) is 8.66. The summed E-state index contributed by atoms with van der Waals surface area (Å²) >= 11 is 6.32. The Bertz CT molecular complexity index is 1130. The number of rotatable bonds is 7. The van der Waals surface area contributed by atoms with Gasteiger partial charge in [0.25, 0.3) is 0 Å². The van der Waals surface area contributed by atoms with Crippen LogP contribution < -0.4 is 21.5 Å². The average molecular weight is 518 g/mol. The SMILES string of the molecule is CC(C)(CN)[S+]([O-])NC1CC(c2cnc(Sc3ccnc(N)c3Cl)cn2)NCc2ccccc21. The first-order chi connectivity index (χ1) is 16.3. The lowest BCUT2D eigenvalue weighted by atomic mass is 9.97. The van der Waals surface area contributed by atoms with Crippen molar-refractivity contribution in [1.82, 2.24) is 25.0 Å². The number of nitrogen functional groups attached to an aromatic ring is 1. The fraction of sp³-hybridized carbons (Fsp3) is 0.348. The second kappa shape index (κ2) is 10.8. The van der Waals surface area contributed by atoms with Gasteiger partial charge in [-0.15, -0.1) is 4.72 Å². The van der Waals surface area contributed by atoms with Gasteiger partial charge in [0.1, 0.15) is 10.8 Å². The van der Waals surface area contributed by atoms with E-state index in [4.69, 9.17) is 23.1 Å². The van der Waals surface area contributed by atoms with E-state index in [2.05, 4.69) is 37.1 Å². The molecule has 0 bridgehead atoms. The summed E-state index contributed by atoms with van der Waals surface area (Å²) in [4.78, 5) is 14.0. The van der Waals surface area contributed by atoms with Crippen LogP contribution in [0.5, 0.6) is 0 Å². The van der Waals surface area contributed by atoms with Crippen LogP contribution in [0.2, 0.25) is 5.02 Å². The van der Waals surface area contributed by atoms with E-state index < -0.39 is 16.1 Å². The van der Waals surface area contributed by atoms with Crippen molar-refractivity contribution >= 4 is 40.5 Å². The lowest BCUT2D eigenvalue weighted by Crippen LogP contribution is -2.48. The van der Waals surface area contributed by atoms with Gasteiger partial charge in [-0.05, 0) is 37.5 Å². The van der Waals surface area contributed by atoms with Crippen LogP contribution in [0.3, 0.4) is 0 Å². The molecule has 180 valence electrons. The van der Waals surface area contributed by atoms with Gasteiger partial charge in [0.2, 0.25) is 0 Å². The van der Waals surface area contributed by atoms with Crippen molar-refractivity contribution in [2.24, 2.45) is 5.73 Å². The summed E-state index contributed by atoms with van der Waals surface area (Å²) in [5.74, 6) is 0.284. The molecule has 1 aliphatic heterocycles. The highest BCUT2D eigenvalue weighted by molar-refractivity contribution is 7.99. The van der Waals surface area contributed by atoms with Crippen LogP contribution in [0.4, 0.5) is 5.82 Å². The van der Waals surface area contributed by atoms with E-state index in [1.807, 2.05) is 26.0 Å². The van der Waals surface area contributed by atoms with Crippen LogP contribution in [0.1, 0.15) is 49.2 Å². The third-order valence-electron chi connectivity index (χ3n) is 5.78. The normalized spacial score (nSPS) is 19.3. The van der Waals surface area contributed by atoms with Gasteiger partial charge in [-0.1, -0.05) is 47.6 Å². The Morgan fingerprint density at radius 1 is 1.24 bits per heavy atom. The summed E-state index contributed by atoms with van der Waals surface area (Å²) in [7, 11) is 0. The second-order valence-corrected chi connectivity index (χ2v) is 12.0. The predicted octanol–water partition coefficient (Wildman–Crippen LogP) is 3.52. The molecule has 0 spiro atoms. The molecule has 1 aliphatic rings. The molecule has 6 N–H and O–H groups in total. The molecule has 3 heterocycles. The lowest BCUT2D eigenvalue weighted by molar-refractivity contribution is 0.440. The van der Waals surface area contributed by atoms with Gasteiger partial charge >= 0.3 is 0 Å². The number of nitrogens with zero attached hydrogens (tertiary/aromatic N) is 3. The average Bonchev–Trinajstić information content (AvgIpc) is 3.02. The minimum Gasteiger partial charge on any atom is -0.598 e. The quantitative estimate of drug-likeness (QED) is 0.346. The maximum atomic E-state index is 13.0. The summed E-state index contributed by atoms with van der Waals surface area (Å²) < 4.78 is 15.8. The number of benzene rings is 1. The van der Waals surface area contributed by atoms with Crippen molar-refractivity contribution in [1.29, 1.82) is 0 Å². The number of halogens is 1. The van der Waals surface area contributed by atoms with Gasteiger partial charge in [0.15, 0.2) is 4.75 Å². The van der Waals surface area contributed by atoms with Crippen LogP contribution in [-0.4, -0.2) is 30.8 Å². The minimum absolute atomic E-state index is 0.0744. The molecule has 11 heteroatoms. The summed E-state index contributed by atoms with van der Waals surface area (Å²) in [6.45, 7) is 4.80. The highest BCUT2D eigenvalue weighted by Crippen LogP contribution is 2.36. The number of pyridine rings is 1. The van der Waals surface area contributed by atoms with Crippen LogP contribution in [0, 0.1) is 0 Å². The van der Waals surface area contributed by atoms with Crippen molar-refractivity contribution in [2.75, 3.05) is 12.3 Å². The number of anilines is 1. The van der Waals surface area contributed by atoms with E-state index in [0.29, 0.717) is 29.6 Å². The van der Waals surface area contributed by atoms with Crippen LogP contribution >= 0.6 is 23.4 Å². The summed E-state index contributed by atoms with van der Waals surface area (Å²) in [5, 5.41) is 4.69. The maximum absolute atomic E-state index is 13.0. The molecule has 0 radical (unpaired) electrons. The molecule has 0 saturated heterocycles. The van der Waals surface area contributed by atoms with Crippen molar-refractivity contribution in [2.45, 2.75) is 53.6 Å². The molecule has 1 aromatic carbocycles. The van der Waals surface area contributed by atoms with E-state index in [1.54, 1.807) is 24.7 Å². The van der Waals surface area contributed by atoms with Gasteiger partial charge in [0.05, 0.1) is 35.2 Å². The van der Waals surface area contributed by atoms with E-state index in [0.717, 1.165) is 21.7 Å². The Kier molecular flexibility index (Phi) is 7.98. The summed E-state index contributed by atoms with van der Waals surface area (Å²) in [6.07, 6.45) is 5.77. The highest BCUT2D eigenvalue weighted by atomic mass is 35.5. The molecular formula is C23H28ClN7OS2. The molecule has 3 aromatic rings. The van der Waals surface area contributed by atoms with Crippen LogP contribution in [-0.2, 0) is 17.9 Å². The number of aromatic nitrogens is 3. The Labute approximate surface area is 212 Å². The summed E-state index contributed by atoms with van der Waals surface area (Å²) in [6, 6.07) is 9.79. The molecule has 0 fully saturated rings. The third kappa shape index (κ3) is 5.65. The molecular weight excluding hydrogens is 490 g/mol. The molecule has 34 heavy (non-hydrogen) atoms. The maximum Gasteiger partial charge on any atom is 0.151 e. The highest BCUT2D eigenvalue weighted by Gasteiger charge is 2.36. The fourth-order valence-corrected chi connectivity index (χ4v) is 5.55. The Morgan fingerprint density at radius 2 is 2.03 bits per heavy atom. The molecule has 0 saturated carbocycles. The van der Waals surface area contributed by atoms with Gasteiger partial charge in [-0.3, -0.25) is 4.98 Å². The van der Waals surface area contributed by atoms with E-state index in [1.165, 1.54) is 11.8 Å². The third-order valence-corrected chi connectivity index (χ3v) is 8.94. The van der Waals surface area contributed by atoms with E-state index >= 15 is 0 Å². The predicted molar refractivity (Wildman–Crippen MR) is 138 cm³/mol. The Hall–Kier alpha value is -1.92. The van der Waals surface area contributed by atoms with Crippen molar-refractivity contribution in [3.05, 3.63) is 70.8 Å². The first kappa shape index (κ1) is 25.2. The minimum atomic E-state index is -1.31. The molecule has 2 aromatic heterocycles. The smallest absolute Gasteiger partial charge is 0.151 e. The number of hydrogen-bond donors (Lipinski definition) is 4. The van der Waals surface area contributed by atoms with Gasteiger partial charge in [0, 0.05) is 35.5 Å². The van der Waals surface area contributed by atoms with E-state index in [-0.39, 0.29) is 17.9 Å². The van der Waals surface area contributed by atoms with Gasteiger partial charge < -0.3 is 21.3 Å².